The van der Waals surface area contributed by atoms with Gasteiger partial charge in [-0.3, -0.25) is 0 Å². The van der Waals surface area contributed by atoms with E-state index in [-0.39, 0.29) is 12.4 Å². The Morgan fingerprint density at radius 1 is 1.25 bits per heavy atom. The van der Waals surface area contributed by atoms with Gasteiger partial charge in [-0.1, -0.05) is 0 Å². The fourth-order valence-electron chi connectivity index (χ4n) is 1.33. The van der Waals surface area contributed by atoms with Gasteiger partial charge in [0.15, 0.2) is 16.8 Å². The van der Waals surface area contributed by atoms with E-state index in [1.807, 2.05) is 6.92 Å². The van der Waals surface area contributed by atoms with E-state index >= 15 is 0 Å². The first kappa shape index (κ1) is 12.9. The number of rotatable bonds is 1. The lowest BCUT2D eigenvalue weighted by Gasteiger charge is -1.99. The van der Waals surface area contributed by atoms with Crippen LogP contribution in [0.2, 0.25) is 0 Å². The average Bonchev–Trinajstić information content (AvgIpc) is 2.50. The summed E-state index contributed by atoms with van der Waals surface area (Å²) in [4.78, 5) is 4.95. The summed E-state index contributed by atoms with van der Waals surface area (Å²) >= 11 is 1.32. The molecule has 16 heavy (non-hydrogen) atoms. The summed E-state index contributed by atoms with van der Waals surface area (Å²) in [6.45, 7) is 1.84. The monoisotopic (exact) mass is 262 g/mol. The van der Waals surface area contributed by atoms with Crippen LogP contribution in [0, 0.1) is 18.6 Å². The number of benzene rings is 1. The second kappa shape index (κ2) is 4.76. The molecular weight excluding hydrogens is 254 g/mol. The van der Waals surface area contributed by atoms with E-state index in [9.17, 15) is 8.78 Å². The third-order valence-electron chi connectivity index (χ3n) is 2.01. The van der Waals surface area contributed by atoms with Gasteiger partial charge in [0, 0.05) is 10.4 Å². The molecule has 2 rings (SSSR count). The third-order valence-corrected chi connectivity index (χ3v) is 2.81. The fraction of sp³-hybridized carbons (Fsp3) is 0.100. The molecule has 0 saturated heterocycles. The Kier molecular flexibility index (Phi) is 3.83. The highest BCUT2D eigenvalue weighted by atomic mass is 35.5. The predicted molar refractivity (Wildman–Crippen MR) is 63.9 cm³/mol. The summed E-state index contributed by atoms with van der Waals surface area (Å²) in [7, 11) is 0. The number of aromatic nitrogens is 1. The van der Waals surface area contributed by atoms with Crippen LogP contribution in [0.5, 0.6) is 0 Å². The number of halogens is 3. The lowest BCUT2D eigenvalue weighted by atomic mass is 10.1. The minimum atomic E-state index is -0.876. The molecule has 0 spiro atoms. The van der Waals surface area contributed by atoms with Crippen molar-refractivity contribution in [2.24, 2.45) is 0 Å². The minimum Gasteiger partial charge on any atom is -0.375 e. The predicted octanol–water partition coefficient (Wildman–Crippen LogP) is 3.40. The number of hydrogen-bond donors (Lipinski definition) is 1. The van der Waals surface area contributed by atoms with E-state index in [1.54, 1.807) is 0 Å². The van der Waals surface area contributed by atoms with Crippen molar-refractivity contribution in [3.8, 4) is 11.3 Å². The molecule has 0 atom stereocenters. The van der Waals surface area contributed by atoms with Gasteiger partial charge in [0.2, 0.25) is 0 Å². The highest BCUT2D eigenvalue weighted by Crippen LogP contribution is 2.29. The van der Waals surface area contributed by atoms with Crippen molar-refractivity contribution in [1.82, 2.24) is 4.98 Å². The smallest absolute Gasteiger partial charge is 0.180 e. The van der Waals surface area contributed by atoms with Gasteiger partial charge in [0.05, 0.1) is 5.69 Å². The molecule has 0 unspecified atom stereocenters. The summed E-state index contributed by atoms with van der Waals surface area (Å²) in [6.07, 6.45) is 0. The zero-order valence-electron chi connectivity index (χ0n) is 8.33. The summed E-state index contributed by atoms with van der Waals surface area (Å²) in [5, 5.41) is 0.423. The highest BCUT2D eigenvalue weighted by Gasteiger charge is 2.10. The number of thiazole rings is 1. The van der Waals surface area contributed by atoms with Crippen LogP contribution in [-0.2, 0) is 0 Å². The van der Waals surface area contributed by atoms with E-state index in [2.05, 4.69) is 4.98 Å². The minimum absolute atomic E-state index is 0. The quantitative estimate of drug-likeness (QED) is 0.855. The SMILES string of the molecule is Cc1sc(N)nc1-c1ccc(F)c(F)c1.Cl. The lowest BCUT2D eigenvalue weighted by Crippen LogP contribution is -1.87. The van der Waals surface area contributed by atoms with Crippen molar-refractivity contribution in [1.29, 1.82) is 0 Å². The molecule has 1 aromatic heterocycles. The molecule has 2 nitrogen and oxygen atoms in total. The van der Waals surface area contributed by atoms with E-state index in [1.165, 1.54) is 17.4 Å². The first-order chi connectivity index (χ1) is 7.08. The van der Waals surface area contributed by atoms with Gasteiger partial charge in [0.25, 0.3) is 0 Å². The Bertz CT molecular complexity index is 514. The van der Waals surface area contributed by atoms with Crippen LogP contribution < -0.4 is 5.73 Å². The van der Waals surface area contributed by atoms with Gasteiger partial charge < -0.3 is 5.73 Å². The maximum absolute atomic E-state index is 13.0. The number of nitrogen functional groups attached to an aromatic ring is 1. The Labute approximate surface area is 102 Å². The Hall–Kier alpha value is -1.20. The summed E-state index contributed by atoms with van der Waals surface area (Å²) in [5.74, 6) is -1.74. The zero-order valence-corrected chi connectivity index (χ0v) is 9.96. The molecule has 0 amide bonds. The summed E-state index contributed by atoms with van der Waals surface area (Å²) < 4.78 is 25.7. The molecule has 0 fully saturated rings. The molecule has 2 aromatic rings. The van der Waals surface area contributed by atoms with Gasteiger partial charge in [-0.05, 0) is 25.1 Å². The molecular formula is C10H9ClF2N2S. The Morgan fingerprint density at radius 3 is 2.44 bits per heavy atom. The third kappa shape index (κ3) is 2.31. The Balaban J connectivity index is 0.00000128. The van der Waals surface area contributed by atoms with Crippen LogP contribution in [0.25, 0.3) is 11.3 Å². The second-order valence-corrected chi connectivity index (χ2v) is 4.32. The molecule has 2 N–H and O–H groups in total. The molecule has 0 bridgehead atoms. The molecule has 86 valence electrons. The second-order valence-electron chi connectivity index (χ2n) is 3.09. The van der Waals surface area contributed by atoms with Crippen LogP contribution in [0.3, 0.4) is 0 Å². The van der Waals surface area contributed by atoms with Crippen LogP contribution >= 0.6 is 23.7 Å². The van der Waals surface area contributed by atoms with E-state index in [0.29, 0.717) is 16.4 Å². The molecule has 0 aliphatic heterocycles. The first-order valence-corrected chi connectivity index (χ1v) is 5.08. The largest absolute Gasteiger partial charge is 0.375 e. The van der Waals surface area contributed by atoms with Crippen LogP contribution in [0.15, 0.2) is 18.2 Å². The van der Waals surface area contributed by atoms with Crippen LogP contribution in [0.1, 0.15) is 4.88 Å². The molecule has 0 saturated carbocycles. The van der Waals surface area contributed by atoms with Crippen molar-refractivity contribution in [3.63, 3.8) is 0 Å². The molecule has 6 heteroatoms. The molecule has 0 aliphatic carbocycles. The number of nitrogens with two attached hydrogens (primary N) is 1. The highest BCUT2D eigenvalue weighted by molar-refractivity contribution is 7.15. The van der Waals surface area contributed by atoms with Gasteiger partial charge in [-0.2, -0.15) is 0 Å². The number of anilines is 1. The number of hydrogen-bond acceptors (Lipinski definition) is 3. The van der Waals surface area contributed by atoms with E-state index in [4.69, 9.17) is 5.73 Å². The summed E-state index contributed by atoms with van der Waals surface area (Å²) in [5.41, 5.74) is 6.67. The molecule has 0 radical (unpaired) electrons. The van der Waals surface area contributed by atoms with E-state index < -0.39 is 11.6 Å². The van der Waals surface area contributed by atoms with E-state index in [0.717, 1.165) is 17.0 Å². The zero-order chi connectivity index (χ0) is 11.0. The normalized spacial score (nSPS) is 9.94. The van der Waals surface area contributed by atoms with Crippen molar-refractivity contribution in [2.75, 3.05) is 5.73 Å². The van der Waals surface area contributed by atoms with Crippen molar-refractivity contribution in [3.05, 3.63) is 34.7 Å². The average molecular weight is 263 g/mol. The maximum Gasteiger partial charge on any atom is 0.180 e. The first-order valence-electron chi connectivity index (χ1n) is 4.26. The topological polar surface area (TPSA) is 38.9 Å². The van der Waals surface area contributed by atoms with Gasteiger partial charge in [0.1, 0.15) is 0 Å². The van der Waals surface area contributed by atoms with Gasteiger partial charge in [-0.15, -0.1) is 23.7 Å². The van der Waals surface area contributed by atoms with Crippen molar-refractivity contribution in [2.45, 2.75) is 6.92 Å². The van der Waals surface area contributed by atoms with Crippen molar-refractivity contribution < 1.29 is 8.78 Å². The van der Waals surface area contributed by atoms with Gasteiger partial charge in [-0.25, -0.2) is 13.8 Å². The number of nitrogens with zero attached hydrogens (tertiary/aromatic N) is 1. The van der Waals surface area contributed by atoms with Gasteiger partial charge >= 0.3 is 0 Å². The van der Waals surface area contributed by atoms with Crippen LogP contribution in [0.4, 0.5) is 13.9 Å². The molecule has 1 aromatic carbocycles. The van der Waals surface area contributed by atoms with Crippen molar-refractivity contribution >= 4 is 28.9 Å². The molecule has 1 heterocycles. The van der Waals surface area contributed by atoms with Crippen LogP contribution in [-0.4, -0.2) is 4.98 Å². The maximum atomic E-state index is 13.0. The summed E-state index contributed by atoms with van der Waals surface area (Å²) in [6, 6.07) is 3.69. The lowest BCUT2D eigenvalue weighted by molar-refractivity contribution is 0.509. The fourth-order valence-corrected chi connectivity index (χ4v) is 2.04. The Morgan fingerprint density at radius 2 is 1.94 bits per heavy atom. The standard InChI is InChI=1S/C10H8F2N2S.ClH/c1-5-9(14-10(13)15-5)6-2-3-7(11)8(12)4-6;/h2-4H,1H3,(H2,13,14);1H. The number of aryl methyl sites for hydroxylation is 1. The molecule has 0 aliphatic rings.